The largest absolute Gasteiger partial charge is 0.495 e. The van der Waals surface area contributed by atoms with Crippen LogP contribution in [0.2, 0.25) is 0 Å². The molecule has 0 saturated heterocycles. The normalized spacial score (nSPS) is 11.5. The first-order valence-corrected chi connectivity index (χ1v) is 9.05. The lowest BCUT2D eigenvalue weighted by Gasteiger charge is -2.17. The fourth-order valence-corrected chi connectivity index (χ4v) is 2.85. The van der Waals surface area contributed by atoms with Gasteiger partial charge in [-0.1, -0.05) is 6.07 Å². The molecule has 3 N–H and O–H groups in total. The second-order valence-electron chi connectivity index (χ2n) is 6.29. The summed E-state index contributed by atoms with van der Waals surface area (Å²) in [7, 11) is 6.05. The number of benzene rings is 2. The van der Waals surface area contributed by atoms with Gasteiger partial charge in [-0.05, 0) is 47.9 Å². The number of nitriles is 1. The lowest BCUT2D eigenvalue weighted by atomic mass is 9.96. The Morgan fingerprint density at radius 1 is 1.00 bits per heavy atom. The Morgan fingerprint density at radius 3 is 2.03 bits per heavy atom. The topological polar surface area (TPSA) is 116 Å². The van der Waals surface area contributed by atoms with Gasteiger partial charge in [0, 0.05) is 6.08 Å². The molecule has 1 atom stereocenters. The van der Waals surface area contributed by atoms with Crippen molar-refractivity contribution in [2.24, 2.45) is 5.73 Å². The van der Waals surface area contributed by atoms with Crippen molar-refractivity contribution in [1.29, 1.82) is 5.26 Å². The van der Waals surface area contributed by atoms with Gasteiger partial charge in [-0.25, -0.2) is 0 Å². The van der Waals surface area contributed by atoms with E-state index in [2.05, 4.69) is 11.4 Å². The highest BCUT2D eigenvalue weighted by atomic mass is 35.5. The van der Waals surface area contributed by atoms with Crippen molar-refractivity contribution in [2.75, 3.05) is 33.8 Å². The molecule has 166 valence electrons. The highest BCUT2D eigenvalue weighted by Crippen LogP contribution is 2.41. The van der Waals surface area contributed by atoms with Crippen molar-refractivity contribution < 1.29 is 23.7 Å². The third-order valence-electron chi connectivity index (χ3n) is 4.37. The van der Waals surface area contributed by atoms with Crippen LogP contribution in [-0.2, 0) is 4.79 Å². The molecule has 9 heteroatoms. The summed E-state index contributed by atoms with van der Waals surface area (Å²) in [4.78, 5) is 12.1. The highest BCUT2D eigenvalue weighted by molar-refractivity contribution is 5.96. The molecule has 31 heavy (non-hydrogen) atoms. The molecule has 1 amide bonds. The van der Waals surface area contributed by atoms with Crippen molar-refractivity contribution in [3.05, 3.63) is 47.5 Å². The molecule has 0 radical (unpaired) electrons. The predicted octanol–water partition coefficient (Wildman–Crippen LogP) is 3.38. The molecule has 2 aromatic carbocycles. The van der Waals surface area contributed by atoms with Crippen LogP contribution in [0.25, 0.3) is 5.57 Å². The minimum atomic E-state index is -0.692. The van der Waals surface area contributed by atoms with E-state index >= 15 is 0 Å². The Kier molecular flexibility index (Phi) is 9.67. The van der Waals surface area contributed by atoms with E-state index in [-0.39, 0.29) is 18.3 Å². The molecule has 2 rings (SSSR count). The van der Waals surface area contributed by atoms with Gasteiger partial charge in [0.15, 0.2) is 11.5 Å². The molecule has 2 aromatic rings. The van der Waals surface area contributed by atoms with Crippen molar-refractivity contribution >= 4 is 29.6 Å². The molecule has 0 aromatic heterocycles. The van der Waals surface area contributed by atoms with Gasteiger partial charge in [0.1, 0.15) is 5.75 Å². The lowest BCUT2D eigenvalue weighted by molar-refractivity contribution is -0.117. The van der Waals surface area contributed by atoms with Crippen molar-refractivity contribution in [3.8, 4) is 29.1 Å². The van der Waals surface area contributed by atoms with Gasteiger partial charge in [-0.3, -0.25) is 4.79 Å². The van der Waals surface area contributed by atoms with E-state index in [1.54, 1.807) is 37.3 Å². The van der Waals surface area contributed by atoms with Crippen LogP contribution < -0.4 is 30.0 Å². The van der Waals surface area contributed by atoms with E-state index in [0.29, 0.717) is 45.4 Å². The molecule has 1 unspecified atom stereocenters. The van der Waals surface area contributed by atoms with Crippen LogP contribution in [0.1, 0.15) is 18.1 Å². The molecule has 0 spiro atoms. The first-order valence-electron chi connectivity index (χ1n) is 9.05. The van der Waals surface area contributed by atoms with Crippen LogP contribution in [0.15, 0.2) is 36.4 Å². The maximum absolute atomic E-state index is 12.1. The summed E-state index contributed by atoms with van der Waals surface area (Å²) in [6.45, 7) is 1.59. The summed E-state index contributed by atoms with van der Waals surface area (Å²) < 4.78 is 21.5. The number of nitrogens with zero attached hydrogens (tertiary/aromatic N) is 1. The van der Waals surface area contributed by atoms with Gasteiger partial charge in [0.2, 0.25) is 11.7 Å². The molecular formula is C22H26ClN3O5. The second-order valence-corrected chi connectivity index (χ2v) is 6.29. The number of hydrogen-bond acceptors (Lipinski definition) is 7. The summed E-state index contributed by atoms with van der Waals surface area (Å²) in [6, 6.07) is 10.1. The van der Waals surface area contributed by atoms with Crippen LogP contribution in [0.3, 0.4) is 0 Å². The number of carbonyl (C=O) groups excluding carboxylic acids is 1. The first-order chi connectivity index (χ1) is 14.4. The zero-order chi connectivity index (χ0) is 22.3. The van der Waals surface area contributed by atoms with Crippen LogP contribution in [0.4, 0.5) is 5.69 Å². The van der Waals surface area contributed by atoms with Gasteiger partial charge in [0.25, 0.3) is 0 Å². The van der Waals surface area contributed by atoms with Crippen molar-refractivity contribution in [2.45, 2.75) is 13.0 Å². The number of hydrogen-bond donors (Lipinski definition) is 2. The number of nitrogens with two attached hydrogens (primary N) is 1. The highest BCUT2D eigenvalue weighted by Gasteiger charge is 2.18. The Hall–Kier alpha value is -3.41. The maximum Gasteiger partial charge on any atom is 0.241 e. The summed E-state index contributed by atoms with van der Waals surface area (Å²) in [5, 5.41) is 12.1. The number of methoxy groups -OCH3 is 4. The average Bonchev–Trinajstić information content (AvgIpc) is 2.76. The minimum Gasteiger partial charge on any atom is -0.495 e. The lowest BCUT2D eigenvalue weighted by Crippen LogP contribution is -2.32. The first kappa shape index (κ1) is 25.6. The van der Waals surface area contributed by atoms with E-state index in [9.17, 15) is 10.1 Å². The molecule has 0 bridgehead atoms. The monoisotopic (exact) mass is 447 g/mol. The Labute approximate surface area is 187 Å². The van der Waals surface area contributed by atoms with E-state index in [4.69, 9.17) is 24.7 Å². The van der Waals surface area contributed by atoms with E-state index < -0.39 is 6.04 Å². The predicted molar refractivity (Wildman–Crippen MR) is 121 cm³/mol. The zero-order valence-corrected chi connectivity index (χ0v) is 18.8. The van der Waals surface area contributed by atoms with Crippen LogP contribution in [0, 0.1) is 11.3 Å². The summed E-state index contributed by atoms with van der Waals surface area (Å²) in [5.41, 5.74) is 8.03. The van der Waals surface area contributed by atoms with Gasteiger partial charge in [0.05, 0.1) is 46.2 Å². The Balaban J connectivity index is 0.00000480. The molecule has 0 saturated carbocycles. The van der Waals surface area contributed by atoms with E-state index in [1.807, 2.05) is 0 Å². The third kappa shape index (κ3) is 5.81. The third-order valence-corrected chi connectivity index (χ3v) is 4.37. The Morgan fingerprint density at radius 2 is 1.58 bits per heavy atom. The summed E-state index contributed by atoms with van der Waals surface area (Å²) >= 11 is 0. The van der Waals surface area contributed by atoms with E-state index in [0.717, 1.165) is 0 Å². The van der Waals surface area contributed by atoms with E-state index in [1.165, 1.54) is 34.5 Å². The maximum atomic E-state index is 12.1. The average molecular weight is 448 g/mol. The number of anilines is 1. The number of allylic oxidation sites excluding steroid dienone is 1. The number of nitrogens with one attached hydrogen (secondary N) is 1. The van der Waals surface area contributed by atoms with Crippen LogP contribution in [-0.4, -0.2) is 40.4 Å². The quantitative estimate of drug-likeness (QED) is 0.596. The summed E-state index contributed by atoms with van der Waals surface area (Å²) in [5.74, 6) is 1.46. The zero-order valence-electron chi connectivity index (χ0n) is 18.0. The number of rotatable bonds is 8. The molecule has 0 aliphatic carbocycles. The van der Waals surface area contributed by atoms with Gasteiger partial charge >= 0.3 is 0 Å². The second kappa shape index (κ2) is 11.7. The van der Waals surface area contributed by atoms with Crippen LogP contribution >= 0.6 is 12.4 Å². The van der Waals surface area contributed by atoms with Gasteiger partial charge in [-0.2, -0.15) is 5.26 Å². The van der Waals surface area contributed by atoms with Crippen molar-refractivity contribution in [1.82, 2.24) is 0 Å². The number of amides is 1. The summed E-state index contributed by atoms with van der Waals surface area (Å²) in [6.07, 6.45) is 1.40. The fourth-order valence-electron chi connectivity index (χ4n) is 2.85. The van der Waals surface area contributed by atoms with Gasteiger partial charge in [-0.15, -0.1) is 12.4 Å². The number of ether oxygens (including phenoxy) is 4. The molecular weight excluding hydrogens is 422 g/mol. The molecule has 0 fully saturated rings. The molecule has 0 heterocycles. The molecule has 0 aliphatic heterocycles. The number of halogens is 1. The molecule has 0 aliphatic rings. The smallest absolute Gasteiger partial charge is 0.241 e. The van der Waals surface area contributed by atoms with Crippen LogP contribution in [0.5, 0.6) is 23.0 Å². The Bertz CT molecular complexity index is 974. The minimum absolute atomic E-state index is 0. The molecule has 8 nitrogen and oxygen atoms in total. The number of carbonyl (C=O) groups is 1. The van der Waals surface area contributed by atoms with Gasteiger partial charge < -0.3 is 30.0 Å². The fraction of sp³-hybridized carbons (Fsp3) is 0.273. The standard InChI is InChI=1S/C22H25N3O5.ClH/c1-13(24)22(26)25-17-10-14(6-7-18(17)27-2)16(8-9-23)15-11-19(28-3)21(30-5)20(12-15)29-4;/h6-8,10-13H,24H2,1-5H3,(H,25,26);1H/b16-8-;. The van der Waals surface area contributed by atoms with Crippen molar-refractivity contribution in [3.63, 3.8) is 0 Å². The SMILES string of the molecule is COc1ccc(/C(=C/C#N)c2cc(OC)c(OC)c(OC)c2)cc1NC(=O)C(C)N.Cl.